The average Bonchev–Trinajstić information content (AvgIpc) is 1.46. The molecule has 0 atom stereocenters. The van der Waals surface area contributed by atoms with Crippen LogP contribution in [0, 0.1) is 0 Å². The van der Waals surface area contributed by atoms with Gasteiger partial charge in [-0.05, 0) is 118 Å². The van der Waals surface area contributed by atoms with Crippen molar-refractivity contribution in [2.75, 3.05) is 9.80 Å². The van der Waals surface area contributed by atoms with Crippen LogP contribution in [0.2, 0.25) is 0 Å². The molecule has 18 aromatic rings. The van der Waals surface area contributed by atoms with Gasteiger partial charge >= 0.3 is 13.7 Å². The molecule has 0 radical (unpaired) electrons. The van der Waals surface area contributed by atoms with Crippen LogP contribution in [0.1, 0.15) is 0 Å². The number of fused-ring (bicyclic) bond motifs is 25. The number of furan rings is 4. The standard InChI is InChI=1S/C74H38B2N4O4/c1-5-25-61-41(13-1)45-31-29-39(33-65(45)81-61)77-57-23-11-17-47-49-19-9-21-51-71(49)79(75(69(47)57)55-37-67-53(35-59(55)77)43-15-3-7-27-63(43)83-67)73-52-22-10-20-50-48-18-12-24-58-70(48)76(80(72(50)52)74(51)73)56-38-68-54(44-16-4-8-28-64(44)84-68)36-60(56)78(58)40-30-32-46-42-14-2-6-26-62(42)82-66(46)34-40/h1-38H. The first-order valence-electron chi connectivity index (χ1n) is 28.9. The molecule has 4 aliphatic rings. The fraction of sp³-hybridized carbons (Fsp3) is 0. The monoisotopic (exact) mass is 1070 g/mol. The second kappa shape index (κ2) is 14.7. The fourth-order valence-corrected chi connectivity index (χ4v) is 16.2. The Bertz CT molecular complexity index is 5760. The maximum absolute atomic E-state index is 6.88. The molecule has 0 fully saturated rings. The number of rotatable bonds is 2. The molecular weight excluding hydrogens is 1030 g/mol. The van der Waals surface area contributed by atoms with Crippen LogP contribution >= 0.6 is 0 Å². The first-order valence-corrected chi connectivity index (χ1v) is 28.9. The Morgan fingerprint density at radius 2 is 0.583 bits per heavy atom. The molecule has 6 aromatic heterocycles. The first-order chi connectivity index (χ1) is 41.7. The van der Waals surface area contributed by atoms with Gasteiger partial charge in [0.2, 0.25) is 0 Å². The molecule has 0 saturated carbocycles. The molecule has 0 saturated heterocycles. The van der Waals surface area contributed by atoms with Crippen molar-refractivity contribution in [1.82, 2.24) is 8.96 Å². The van der Waals surface area contributed by atoms with Gasteiger partial charge in [0.25, 0.3) is 0 Å². The lowest BCUT2D eigenvalue weighted by Gasteiger charge is -2.40. The Kier molecular flexibility index (Phi) is 7.47. The van der Waals surface area contributed by atoms with Crippen LogP contribution in [0.15, 0.2) is 248 Å². The second-order valence-electron chi connectivity index (χ2n) is 23.4. The molecule has 8 nitrogen and oxygen atoms in total. The van der Waals surface area contributed by atoms with Crippen molar-refractivity contribution < 1.29 is 17.7 Å². The number of anilines is 6. The van der Waals surface area contributed by atoms with Gasteiger partial charge in [-0.3, -0.25) is 0 Å². The van der Waals surface area contributed by atoms with Crippen LogP contribution in [0.3, 0.4) is 0 Å². The summed E-state index contributed by atoms with van der Waals surface area (Å²) >= 11 is 0. The highest BCUT2D eigenvalue weighted by molar-refractivity contribution is 6.92. The number of hydrogen-bond donors (Lipinski definition) is 0. The highest BCUT2D eigenvalue weighted by Gasteiger charge is 2.48. The molecule has 12 aromatic carbocycles. The lowest BCUT2D eigenvalue weighted by Crippen LogP contribution is -2.56. The lowest BCUT2D eigenvalue weighted by atomic mass is 9.45. The minimum absolute atomic E-state index is 0.233. The summed E-state index contributed by atoms with van der Waals surface area (Å²) in [5.41, 5.74) is 28.1. The molecule has 0 aliphatic carbocycles. The summed E-state index contributed by atoms with van der Waals surface area (Å²) in [6.45, 7) is -0.465. The Morgan fingerprint density at radius 3 is 1.01 bits per heavy atom. The quantitative estimate of drug-likeness (QED) is 0.161. The van der Waals surface area contributed by atoms with E-state index >= 15 is 0 Å². The Hall–Kier alpha value is -11.1. The summed E-state index contributed by atoms with van der Waals surface area (Å²) in [5.74, 6) is 0. The zero-order chi connectivity index (χ0) is 53.9. The van der Waals surface area contributed by atoms with Crippen LogP contribution < -0.4 is 31.7 Å². The molecule has 0 spiro atoms. The van der Waals surface area contributed by atoms with Gasteiger partial charge in [0.15, 0.2) is 0 Å². The van der Waals surface area contributed by atoms with Gasteiger partial charge < -0.3 is 36.4 Å². The molecule has 0 unspecified atom stereocenters. The van der Waals surface area contributed by atoms with E-state index < -0.39 is 0 Å². The van der Waals surface area contributed by atoms with E-state index in [1.807, 2.05) is 12.1 Å². The summed E-state index contributed by atoms with van der Waals surface area (Å²) in [6.07, 6.45) is 0. The van der Waals surface area contributed by atoms with Crippen LogP contribution in [0.25, 0.3) is 143 Å². The normalized spacial score (nSPS) is 13.9. The van der Waals surface area contributed by atoms with Crippen molar-refractivity contribution in [3.05, 3.63) is 231 Å². The summed E-state index contributed by atoms with van der Waals surface area (Å²) in [4.78, 5) is 4.96. The van der Waals surface area contributed by atoms with Crippen LogP contribution in [-0.2, 0) is 0 Å². The molecule has 10 heteroatoms. The van der Waals surface area contributed by atoms with Crippen molar-refractivity contribution in [2.45, 2.75) is 0 Å². The predicted molar refractivity (Wildman–Crippen MR) is 345 cm³/mol. The van der Waals surface area contributed by atoms with Crippen molar-refractivity contribution >= 4 is 190 Å². The molecule has 4 aliphatic heterocycles. The van der Waals surface area contributed by atoms with E-state index in [1.165, 1.54) is 76.9 Å². The van der Waals surface area contributed by atoms with Crippen LogP contribution in [0.4, 0.5) is 34.1 Å². The van der Waals surface area contributed by atoms with Crippen LogP contribution in [-0.4, -0.2) is 22.7 Å². The van der Waals surface area contributed by atoms with Crippen molar-refractivity contribution in [3.8, 4) is 22.3 Å². The van der Waals surface area contributed by atoms with Crippen LogP contribution in [0.5, 0.6) is 0 Å². The number of para-hydroxylation sites is 6. The van der Waals surface area contributed by atoms with E-state index in [9.17, 15) is 0 Å². The molecule has 22 rings (SSSR count). The first kappa shape index (κ1) is 42.8. The minimum atomic E-state index is -0.233. The molecule has 0 amide bonds. The van der Waals surface area contributed by atoms with Gasteiger partial charge in [-0.1, -0.05) is 133 Å². The Balaban J connectivity index is 0.848. The Labute approximate surface area is 476 Å². The SMILES string of the molecule is c1cc2c3c(c1)N(c1ccc4c(c1)oc1ccccc14)c1cc4c(cc1B3n1c3c-2cccc3c2c1c1cccc3c1n2B1c2cc5oc6ccccc6c5cc2N(c2ccc5c(c2)oc2ccccc25)c2cccc-3c21)oc1ccccc14. The van der Waals surface area contributed by atoms with Crippen molar-refractivity contribution in [3.63, 3.8) is 0 Å². The maximum atomic E-state index is 6.88. The van der Waals surface area contributed by atoms with E-state index in [0.717, 1.165) is 122 Å². The molecule has 0 N–H and O–H groups in total. The summed E-state index contributed by atoms with van der Waals surface area (Å²) in [5, 5.41) is 11.2. The zero-order valence-electron chi connectivity index (χ0n) is 44.5. The van der Waals surface area contributed by atoms with E-state index in [2.05, 4.69) is 237 Å². The number of aromatic nitrogens is 2. The third-order valence-electron chi connectivity index (χ3n) is 19.4. The molecule has 84 heavy (non-hydrogen) atoms. The summed E-state index contributed by atoms with van der Waals surface area (Å²) in [6, 6.07) is 84.3. The highest BCUT2D eigenvalue weighted by Crippen LogP contribution is 2.53. The van der Waals surface area contributed by atoms with E-state index in [0.29, 0.717) is 0 Å². The van der Waals surface area contributed by atoms with Gasteiger partial charge in [0, 0.05) is 122 Å². The molecule has 384 valence electrons. The predicted octanol–water partition coefficient (Wildman–Crippen LogP) is 17.2. The number of hydrogen-bond acceptors (Lipinski definition) is 6. The molecule has 10 heterocycles. The van der Waals surface area contributed by atoms with E-state index in [4.69, 9.17) is 17.7 Å². The average molecular weight is 1070 g/mol. The Morgan fingerprint density at radius 1 is 0.238 bits per heavy atom. The largest absolute Gasteiger partial charge is 0.456 e. The summed E-state index contributed by atoms with van der Waals surface area (Å²) < 4.78 is 32.5. The smallest absolute Gasteiger partial charge is 0.333 e. The fourth-order valence-electron chi connectivity index (χ4n) is 16.2. The number of benzene rings is 12. The number of nitrogens with zero attached hydrogens (tertiary/aromatic N) is 4. The third-order valence-corrected chi connectivity index (χ3v) is 19.4. The van der Waals surface area contributed by atoms with Gasteiger partial charge in [0.05, 0.1) is 11.0 Å². The molecular formula is C74H38B2N4O4. The topological polar surface area (TPSA) is 68.9 Å². The minimum Gasteiger partial charge on any atom is -0.456 e. The van der Waals surface area contributed by atoms with Gasteiger partial charge in [-0.15, -0.1) is 0 Å². The third kappa shape index (κ3) is 5.01. The van der Waals surface area contributed by atoms with Crippen molar-refractivity contribution in [2.24, 2.45) is 0 Å². The molecule has 0 bridgehead atoms. The zero-order valence-corrected chi connectivity index (χ0v) is 44.5. The van der Waals surface area contributed by atoms with E-state index in [1.54, 1.807) is 0 Å². The summed E-state index contributed by atoms with van der Waals surface area (Å²) in [7, 11) is 0. The van der Waals surface area contributed by atoms with Gasteiger partial charge in [-0.2, -0.15) is 0 Å². The van der Waals surface area contributed by atoms with Gasteiger partial charge in [0.1, 0.15) is 44.7 Å². The van der Waals surface area contributed by atoms with E-state index in [-0.39, 0.29) is 13.7 Å². The lowest BCUT2D eigenvalue weighted by molar-refractivity contribution is 0.668. The maximum Gasteiger partial charge on any atom is 0.333 e. The second-order valence-corrected chi connectivity index (χ2v) is 23.4. The van der Waals surface area contributed by atoms with Crippen molar-refractivity contribution in [1.29, 1.82) is 0 Å². The van der Waals surface area contributed by atoms with Gasteiger partial charge in [-0.25, -0.2) is 0 Å². The highest BCUT2D eigenvalue weighted by atomic mass is 16.3.